The van der Waals surface area contributed by atoms with Crippen LogP contribution in [0.25, 0.3) is 0 Å². The van der Waals surface area contributed by atoms with Crippen LogP contribution in [0.4, 0.5) is 15.0 Å². The van der Waals surface area contributed by atoms with E-state index in [1.54, 1.807) is 20.8 Å². The van der Waals surface area contributed by atoms with Crippen molar-refractivity contribution in [2.24, 2.45) is 0 Å². The maximum atomic E-state index is 15.2. The van der Waals surface area contributed by atoms with Gasteiger partial charge in [0.15, 0.2) is 11.6 Å². The van der Waals surface area contributed by atoms with Crippen LogP contribution in [-0.2, 0) is 11.3 Å². The number of hydrogen-bond donors (Lipinski definition) is 2. The molecule has 2 aliphatic rings. The van der Waals surface area contributed by atoms with E-state index in [1.165, 1.54) is 0 Å². The van der Waals surface area contributed by atoms with Crippen molar-refractivity contribution in [2.75, 3.05) is 12.4 Å². The summed E-state index contributed by atoms with van der Waals surface area (Å²) in [5, 5.41) is 6.26. The van der Waals surface area contributed by atoms with Crippen LogP contribution < -0.4 is 10.6 Å². The Hall–Kier alpha value is -1.93. The number of ether oxygens (including phenoxy) is 1. The summed E-state index contributed by atoms with van der Waals surface area (Å²) in [7, 11) is 1.88. The Morgan fingerprint density at radius 3 is 2.54 bits per heavy atom. The van der Waals surface area contributed by atoms with Crippen LogP contribution in [0.1, 0.15) is 62.4 Å². The lowest BCUT2D eigenvalue weighted by Gasteiger charge is -2.32. The molecule has 1 aromatic heterocycles. The number of halogens is 2. The highest BCUT2D eigenvalue weighted by atomic mass is 35.5. The normalized spacial score (nSPS) is 22.2. The zero-order chi connectivity index (χ0) is 20.6. The summed E-state index contributed by atoms with van der Waals surface area (Å²) in [6.45, 7) is 4.85. The molecule has 2 N–H and O–H groups in total. The predicted molar refractivity (Wildman–Crippen MR) is 104 cm³/mol. The zero-order valence-electron chi connectivity index (χ0n) is 16.6. The van der Waals surface area contributed by atoms with Crippen LogP contribution >= 0.6 is 11.6 Å². The average Bonchev–Trinajstić information content (AvgIpc) is 2.97. The lowest BCUT2D eigenvalue weighted by atomic mass is 9.90. The van der Waals surface area contributed by atoms with Gasteiger partial charge < -0.3 is 15.4 Å². The minimum absolute atomic E-state index is 0.00827. The number of fused-ring (bicyclic) bond motifs is 1. The van der Waals surface area contributed by atoms with E-state index < -0.39 is 23.4 Å². The maximum Gasteiger partial charge on any atom is 0.417 e. The van der Waals surface area contributed by atoms with Crippen LogP contribution in [0.15, 0.2) is 0 Å². The van der Waals surface area contributed by atoms with Gasteiger partial charge in [0, 0.05) is 17.6 Å². The molecule has 1 saturated carbocycles. The van der Waals surface area contributed by atoms with Crippen LogP contribution in [-0.4, -0.2) is 46.6 Å². The molecule has 7 nitrogen and oxygen atoms in total. The lowest BCUT2D eigenvalue weighted by molar-refractivity contribution is 0.0247. The van der Waals surface area contributed by atoms with Gasteiger partial charge in [-0.2, -0.15) is 0 Å². The molecule has 0 aromatic carbocycles. The Kier molecular flexibility index (Phi) is 5.82. The molecule has 1 aliphatic heterocycles. The van der Waals surface area contributed by atoms with Gasteiger partial charge in [0.1, 0.15) is 10.8 Å². The number of rotatable bonds is 3. The number of hydrogen-bond acceptors (Lipinski definition) is 6. The molecule has 0 spiro atoms. The fraction of sp³-hybridized carbons (Fsp3) is 0.632. The SMILES string of the molecule is CNC1CCCCC1Nc1nc(Cl)c2c(c1F)CN(C(=O)OC(C)(C)C)C2=O. The summed E-state index contributed by atoms with van der Waals surface area (Å²) in [6, 6.07) is 0.204. The third-order valence-electron chi connectivity index (χ3n) is 5.04. The number of likely N-dealkylation sites (N-methyl/N-ethyl adjacent to an activating group) is 1. The average molecular weight is 413 g/mol. The van der Waals surface area contributed by atoms with E-state index in [4.69, 9.17) is 16.3 Å². The minimum Gasteiger partial charge on any atom is -0.443 e. The third-order valence-corrected chi connectivity index (χ3v) is 5.31. The Balaban J connectivity index is 1.86. The van der Waals surface area contributed by atoms with Gasteiger partial charge in [0.05, 0.1) is 12.1 Å². The summed E-state index contributed by atoms with van der Waals surface area (Å²) < 4.78 is 20.4. The third kappa shape index (κ3) is 4.07. The second-order valence-electron chi connectivity index (χ2n) is 8.22. The predicted octanol–water partition coefficient (Wildman–Crippen LogP) is 3.71. The van der Waals surface area contributed by atoms with Crippen molar-refractivity contribution in [3.8, 4) is 0 Å². The van der Waals surface area contributed by atoms with Crippen molar-refractivity contribution in [1.29, 1.82) is 0 Å². The van der Waals surface area contributed by atoms with Crippen molar-refractivity contribution >= 4 is 29.4 Å². The molecule has 1 aromatic rings. The largest absolute Gasteiger partial charge is 0.443 e. The summed E-state index contributed by atoms with van der Waals surface area (Å²) in [5.41, 5.74) is -0.790. The zero-order valence-corrected chi connectivity index (χ0v) is 17.3. The molecular formula is C19H26ClFN4O3. The Morgan fingerprint density at radius 2 is 1.93 bits per heavy atom. The van der Waals surface area contributed by atoms with E-state index in [1.807, 2.05) is 7.05 Å². The first-order chi connectivity index (χ1) is 13.1. The van der Waals surface area contributed by atoms with Crippen molar-refractivity contribution in [1.82, 2.24) is 15.2 Å². The van der Waals surface area contributed by atoms with Crippen LogP contribution in [0.2, 0.25) is 5.15 Å². The van der Waals surface area contributed by atoms with Gasteiger partial charge in [-0.15, -0.1) is 0 Å². The highest BCUT2D eigenvalue weighted by molar-refractivity contribution is 6.33. The van der Waals surface area contributed by atoms with E-state index in [-0.39, 0.29) is 40.7 Å². The lowest BCUT2D eigenvalue weighted by Crippen LogP contribution is -2.45. The number of pyridine rings is 1. The minimum atomic E-state index is -0.832. The molecular weight excluding hydrogens is 387 g/mol. The molecule has 0 saturated heterocycles. The smallest absolute Gasteiger partial charge is 0.417 e. The van der Waals surface area contributed by atoms with E-state index in [2.05, 4.69) is 15.6 Å². The van der Waals surface area contributed by atoms with Crippen LogP contribution in [0, 0.1) is 5.82 Å². The summed E-state index contributed by atoms with van der Waals surface area (Å²) in [6.07, 6.45) is 3.19. The Labute approximate surface area is 169 Å². The van der Waals surface area contributed by atoms with Gasteiger partial charge in [-0.05, 0) is 40.7 Å². The number of aromatic nitrogens is 1. The second-order valence-corrected chi connectivity index (χ2v) is 8.58. The monoisotopic (exact) mass is 412 g/mol. The van der Waals surface area contributed by atoms with Gasteiger partial charge in [-0.25, -0.2) is 19.1 Å². The first-order valence-electron chi connectivity index (χ1n) is 9.49. The Bertz CT molecular complexity index is 796. The van der Waals surface area contributed by atoms with Crippen molar-refractivity contribution in [2.45, 2.75) is 70.7 Å². The quantitative estimate of drug-likeness (QED) is 0.736. The number of amides is 2. The molecule has 154 valence electrons. The number of imide groups is 1. The summed E-state index contributed by atoms with van der Waals surface area (Å²) >= 11 is 6.20. The molecule has 0 radical (unpaired) electrons. The second kappa shape index (κ2) is 7.83. The van der Waals surface area contributed by atoms with Gasteiger partial charge in [-0.3, -0.25) is 4.79 Å². The maximum absolute atomic E-state index is 15.2. The van der Waals surface area contributed by atoms with Crippen LogP contribution in [0.5, 0.6) is 0 Å². The van der Waals surface area contributed by atoms with E-state index in [0.29, 0.717) is 0 Å². The fourth-order valence-electron chi connectivity index (χ4n) is 3.70. The number of carbonyl (C=O) groups is 2. The van der Waals surface area contributed by atoms with Crippen molar-refractivity contribution < 1.29 is 18.7 Å². The molecule has 1 fully saturated rings. The molecule has 2 heterocycles. The first-order valence-corrected chi connectivity index (χ1v) is 9.86. The number of anilines is 1. The molecule has 2 amide bonds. The summed E-state index contributed by atoms with van der Waals surface area (Å²) in [4.78, 5) is 29.9. The highest BCUT2D eigenvalue weighted by Crippen LogP contribution is 2.35. The molecule has 2 atom stereocenters. The number of nitrogens with zero attached hydrogens (tertiary/aromatic N) is 2. The van der Waals surface area contributed by atoms with E-state index in [0.717, 1.165) is 30.6 Å². The molecule has 28 heavy (non-hydrogen) atoms. The molecule has 2 unspecified atom stereocenters. The standard InChI is InChI=1S/C19H26ClFN4O3/c1-19(2,3)28-18(27)25-9-10-13(17(25)26)15(20)24-16(14(10)21)23-12-8-6-5-7-11(12)22-4/h11-12,22H,5-9H2,1-4H3,(H,23,24). The van der Waals surface area contributed by atoms with Gasteiger partial charge >= 0.3 is 6.09 Å². The van der Waals surface area contributed by atoms with E-state index in [9.17, 15) is 9.59 Å². The van der Waals surface area contributed by atoms with Gasteiger partial charge in [0.25, 0.3) is 5.91 Å². The molecule has 9 heteroatoms. The van der Waals surface area contributed by atoms with E-state index >= 15 is 4.39 Å². The summed E-state index contributed by atoms with van der Waals surface area (Å²) in [5.74, 6) is -1.34. The first kappa shape index (κ1) is 20.8. The fourth-order valence-corrected chi connectivity index (χ4v) is 3.98. The highest BCUT2D eigenvalue weighted by Gasteiger charge is 2.40. The van der Waals surface area contributed by atoms with Crippen LogP contribution in [0.3, 0.4) is 0 Å². The number of nitrogens with one attached hydrogen (secondary N) is 2. The topological polar surface area (TPSA) is 83.6 Å². The van der Waals surface area contributed by atoms with Crippen molar-refractivity contribution in [3.63, 3.8) is 0 Å². The van der Waals surface area contributed by atoms with Gasteiger partial charge in [-0.1, -0.05) is 24.4 Å². The molecule has 1 aliphatic carbocycles. The Morgan fingerprint density at radius 1 is 1.29 bits per heavy atom. The molecule has 0 bridgehead atoms. The molecule has 3 rings (SSSR count). The van der Waals surface area contributed by atoms with Gasteiger partial charge in [0.2, 0.25) is 0 Å². The van der Waals surface area contributed by atoms with Crippen molar-refractivity contribution in [3.05, 3.63) is 22.1 Å². The number of carbonyl (C=O) groups excluding carboxylic acids is 2.